The van der Waals surface area contributed by atoms with E-state index in [2.05, 4.69) is 115 Å². The average molecular weight is 545 g/mol. The summed E-state index contributed by atoms with van der Waals surface area (Å²) in [6, 6.07) is 54.9. The Kier molecular flexibility index (Phi) is 6.38. The zero-order valence-corrected chi connectivity index (χ0v) is 23.8. The van der Waals surface area contributed by atoms with Gasteiger partial charge < -0.3 is 4.57 Å². The first-order valence-electron chi connectivity index (χ1n) is 13.9. The molecule has 1 unspecified atom stereocenters. The summed E-state index contributed by atoms with van der Waals surface area (Å²) in [5.74, 6) is 0. The molecule has 0 bridgehead atoms. The standard InChI is InChI=1S/C39H29OP/c1-41(40,32-19-6-3-7-20-32)33-21-13-17-30(27-33)29-16-12-18-31(26-29)39-36-24-10-8-22-34(36)38(28-14-4-2-5-15-28)35-23-9-11-25-37(35)39/h2-27H,1H3. The van der Waals surface area contributed by atoms with E-state index in [1.54, 1.807) is 0 Å². The monoisotopic (exact) mass is 544 g/mol. The van der Waals surface area contributed by atoms with Crippen LogP contribution in [0.2, 0.25) is 0 Å². The lowest BCUT2D eigenvalue weighted by atomic mass is 9.85. The van der Waals surface area contributed by atoms with Crippen molar-refractivity contribution in [2.45, 2.75) is 0 Å². The number of rotatable bonds is 5. The van der Waals surface area contributed by atoms with Gasteiger partial charge in [0.2, 0.25) is 0 Å². The highest BCUT2D eigenvalue weighted by Gasteiger charge is 2.21. The molecule has 0 heterocycles. The van der Waals surface area contributed by atoms with Crippen LogP contribution < -0.4 is 10.6 Å². The molecule has 41 heavy (non-hydrogen) atoms. The normalized spacial score (nSPS) is 12.8. The molecule has 0 aliphatic rings. The summed E-state index contributed by atoms with van der Waals surface area (Å²) in [4.78, 5) is 0. The maximum Gasteiger partial charge on any atom is 0.140 e. The number of hydrogen-bond donors (Lipinski definition) is 0. The van der Waals surface area contributed by atoms with Crippen molar-refractivity contribution in [1.82, 2.24) is 0 Å². The summed E-state index contributed by atoms with van der Waals surface area (Å²) in [7, 11) is -2.71. The SMILES string of the molecule is CP(=O)(c1ccccc1)c1cccc(-c2cccc(-c3c4ccccc4c(-c4ccccc4)c4ccccc34)c2)c1. The van der Waals surface area contributed by atoms with E-state index in [1.165, 1.54) is 43.8 Å². The maximum absolute atomic E-state index is 13.9. The molecule has 7 aromatic rings. The Morgan fingerprint density at radius 3 is 1.34 bits per heavy atom. The van der Waals surface area contributed by atoms with Crippen LogP contribution in [0, 0.1) is 0 Å². The van der Waals surface area contributed by atoms with Gasteiger partial charge in [-0.3, -0.25) is 0 Å². The summed E-state index contributed by atoms with van der Waals surface area (Å²) < 4.78 is 13.9. The van der Waals surface area contributed by atoms with E-state index in [-0.39, 0.29) is 0 Å². The summed E-state index contributed by atoms with van der Waals surface area (Å²) in [5.41, 5.74) is 7.07. The predicted molar refractivity (Wildman–Crippen MR) is 177 cm³/mol. The fourth-order valence-electron chi connectivity index (χ4n) is 6.02. The third kappa shape index (κ3) is 4.49. The van der Waals surface area contributed by atoms with E-state index in [9.17, 15) is 4.57 Å². The van der Waals surface area contributed by atoms with Crippen molar-refractivity contribution in [2.75, 3.05) is 6.66 Å². The summed E-state index contributed by atoms with van der Waals surface area (Å²) >= 11 is 0. The molecular formula is C39H29OP. The summed E-state index contributed by atoms with van der Waals surface area (Å²) in [6.07, 6.45) is 0. The largest absolute Gasteiger partial charge is 0.314 e. The molecule has 7 aromatic carbocycles. The van der Waals surface area contributed by atoms with Crippen molar-refractivity contribution >= 4 is 39.3 Å². The Hall–Kier alpha value is -4.71. The van der Waals surface area contributed by atoms with Crippen LogP contribution in [0.5, 0.6) is 0 Å². The van der Waals surface area contributed by atoms with Gasteiger partial charge in [-0.1, -0.05) is 146 Å². The zero-order valence-electron chi connectivity index (χ0n) is 22.9. The number of fused-ring (bicyclic) bond motifs is 2. The van der Waals surface area contributed by atoms with Gasteiger partial charge in [0.15, 0.2) is 0 Å². The molecule has 0 fully saturated rings. The average Bonchev–Trinajstić information content (AvgIpc) is 3.04. The lowest BCUT2D eigenvalue weighted by Crippen LogP contribution is -2.14. The van der Waals surface area contributed by atoms with Crippen LogP contribution in [-0.2, 0) is 4.57 Å². The van der Waals surface area contributed by atoms with Gasteiger partial charge in [0, 0.05) is 10.6 Å². The first-order chi connectivity index (χ1) is 20.1. The number of benzene rings is 7. The van der Waals surface area contributed by atoms with Crippen LogP contribution in [0.25, 0.3) is 54.9 Å². The van der Waals surface area contributed by atoms with E-state index >= 15 is 0 Å². The van der Waals surface area contributed by atoms with Crippen LogP contribution in [0.4, 0.5) is 0 Å². The van der Waals surface area contributed by atoms with Gasteiger partial charge in [0.1, 0.15) is 7.14 Å². The van der Waals surface area contributed by atoms with E-state index in [0.29, 0.717) is 0 Å². The molecule has 1 atom stereocenters. The molecule has 0 amide bonds. The molecule has 0 N–H and O–H groups in total. The van der Waals surface area contributed by atoms with Gasteiger partial charge in [0.05, 0.1) is 0 Å². The molecule has 196 valence electrons. The van der Waals surface area contributed by atoms with Gasteiger partial charge in [-0.2, -0.15) is 0 Å². The molecule has 1 nitrogen and oxygen atoms in total. The molecule has 0 aliphatic carbocycles. The first kappa shape index (κ1) is 25.3. The van der Waals surface area contributed by atoms with Crippen molar-refractivity contribution in [2.24, 2.45) is 0 Å². The molecule has 0 saturated heterocycles. The van der Waals surface area contributed by atoms with Crippen molar-refractivity contribution < 1.29 is 4.57 Å². The fourth-order valence-corrected chi connectivity index (χ4v) is 7.82. The highest BCUT2D eigenvalue weighted by molar-refractivity contribution is 7.78. The smallest absolute Gasteiger partial charge is 0.140 e. The quantitative estimate of drug-likeness (QED) is 0.156. The summed E-state index contributed by atoms with van der Waals surface area (Å²) in [5, 5.41) is 6.71. The molecule has 2 heteroatoms. The van der Waals surface area contributed by atoms with Gasteiger partial charge in [-0.15, -0.1) is 0 Å². The van der Waals surface area contributed by atoms with Crippen LogP contribution in [0.1, 0.15) is 0 Å². The maximum atomic E-state index is 13.9. The van der Waals surface area contributed by atoms with Crippen LogP contribution in [0.3, 0.4) is 0 Å². The third-order valence-electron chi connectivity index (χ3n) is 8.07. The Morgan fingerprint density at radius 2 is 0.756 bits per heavy atom. The second kappa shape index (κ2) is 10.4. The predicted octanol–water partition coefficient (Wildman–Crippen LogP) is 9.94. The molecule has 0 aliphatic heterocycles. The van der Waals surface area contributed by atoms with E-state index < -0.39 is 7.14 Å². The van der Waals surface area contributed by atoms with E-state index in [0.717, 1.165) is 21.7 Å². The topological polar surface area (TPSA) is 17.1 Å². The highest BCUT2D eigenvalue weighted by atomic mass is 31.2. The van der Waals surface area contributed by atoms with Gasteiger partial charge in [0.25, 0.3) is 0 Å². The highest BCUT2D eigenvalue weighted by Crippen LogP contribution is 2.44. The molecular weight excluding hydrogens is 515 g/mol. The van der Waals surface area contributed by atoms with Crippen molar-refractivity contribution in [3.8, 4) is 33.4 Å². The molecule has 0 saturated carbocycles. The Balaban J connectivity index is 1.42. The second-order valence-electron chi connectivity index (χ2n) is 10.6. The minimum absolute atomic E-state index is 0.870. The lowest BCUT2D eigenvalue weighted by molar-refractivity contribution is 0.590. The van der Waals surface area contributed by atoms with Gasteiger partial charge in [-0.25, -0.2) is 0 Å². The van der Waals surface area contributed by atoms with Crippen molar-refractivity contribution in [3.63, 3.8) is 0 Å². The van der Waals surface area contributed by atoms with Crippen molar-refractivity contribution in [1.29, 1.82) is 0 Å². The third-order valence-corrected chi connectivity index (χ3v) is 10.6. The van der Waals surface area contributed by atoms with Crippen LogP contribution in [0.15, 0.2) is 158 Å². The van der Waals surface area contributed by atoms with Crippen LogP contribution in [-0.4, -0.2) is 6.66 Å². The second-order valence-corrected chi connectivity index (χ2v) is 13.5. The number of hydrogen-bond acceptors (Lipinski definition) is 1. The van der Waals surface area contributed by atoms with Crippen molar-refractivity contribution in [3.05, 3.63) is 158 Å². The molecule has 7 rings (SSSR count). The zero-order chi connectivity index (χ0) is 27.8. The molecule has 0 spiro atoms. The Labute approximate surface area is 241 Å². The Morgan fingerprint density at radius 1 is 0.366 bits per heavy atom. The van der Waals surface area contributed by atoms with E-state index in [4.69, 9.17) is 0 Å². The van der Waals surface area contributed by atoms with Crippen LogP contribution >= 0.6 is 7.14 Å². The van der Waals surface area contributed by atoms with Gasteiger partial charge in [-0.05, 0) is 73.7 Å². The molecule has 0 aromatic heterocycles. The summed E-state index contributed by atoms with van der Waals surface area (Å²) in [6.45, 7) is 1.87. The minimum atomic E-state index is -2.71. The Bertz CT molecular complexity index is 2020. The first-order valence-corrected chi connectivity index (χ1v) is 16.1. The lowest BCUT2D eigenvalue weighted by Gasteiger charge is -2.18. The fraction of sp³-hybridized carbons (Fsp3) is 0.0256. The molecule has 0 radical (unpaired) electrons. The van der Waals surface area contributed by atoms with E-state index in [1.807, 2.05) is 49.1 Å². The van der Waals surface area contributed by atoms with Gasteiger partial charge >= 0.3 is 0 Å². The minimum Gasteiger partial charge on any atom is -0.314 e.